The molecule has 0 saturated carbocycles. The van der Waals surface area contributed by atoms with E-state index in [0.29, 0.717) is 12.4 Å². The van der Waals surface area contributed by atoms with Crippen LogP contribution in [0.25, 0.3) is 0 Å². The summed E-state index contributed by atoms with van der Waals surface area (Å²) in [4.78, 5) is 1.66. The molecule has 0 saturated heterocycles. The summed E-state index contributed by atoms with van der Waals surface area (Å²) in [6.45, 7) is 2.78. The Kier molecular flexibility index (Phi) is 6.07. The molecule has 3 aromatic carbocycles. The summed E-state index contributed by atoms with van der Waals surface area (Å²) in [5.74, 6) is 0.715. The Morgan fingerprint density at radius 3 is 2.03 bits per heavy atom. The number of tetrazole rings is 1. The van der Waals surface area contributed by atoms with Crippen molar-refractivity contribution in [2.24, 2.45) is 0 Å². The van der Waals surface area contributed by atoms with E-state index in [1.54, 1.807) is 4.80 Å². The fraction of sp³-hybridized carbons (Fsp3) is 0.208. The Morgan fingerprint density at radius 2 is 1.38 bits per heavy atom. The Bertz CT molecular complexity index is 999. The molecule has 0 fully saturated rings. The van der Waals surface area contributed by atoms with Crippen molar-refractivity contribution in [1.29, 1.82) is 0 Å². The summed E-state index contributed by atoms with van der Waals surface area (Å²) in [6, 6.07) is 31.2. The molecule has 5 heteroatoms. The molecule has 0 amide bonds. The third kappa shape index (κ3) is 5.15. The lowest BCUT2D eigenvalue weighted by Gasteiger charge is -2.21. The fourth-order valence-electron chi connectivity index (χ4n) is 3.42. The van der Waals surface area contributed by atoms with Crippen LogP contribution >= 0.6 is 0 Å². The van der Waals surface area contributed by atoms with Crippen molar-refractivity contribution >= 4 is 0 Å². The summed E-state index contributed by atoms with van der Waals surface area (Å²) >= 11 is 0. The highest BCUT2D eigenvalue weighted by atomic mass is 15.6. The summed E-state index contributed by atoms with van der Waals surface area (Å²) in [7, 11) is 0. The van der Waals surface area contributed by atoms with E-state index in [0.717, 1.165) is 12.0 Å². The first-order chi connectivity index (χ1) is 14.3. The van der Waals surface area contributed by atoms with Crippen molar-refractivity contribution in [2.75, 3.05) is 0 Å². The quantitative estimate of drug-likeness (QED) is 0.491. The molecule has 1 unspecified atom stereocenters. The molecule has 29 heavy (non-hydrogen) atoms. The van der Waals surface area contributed by atoms with Gasteiger partial charge in [0.05, 0.1) is 12.6 Å². The molecule has 4 aromatic rings. The Labute approximate surface area is 171 Å². The Morgan fingerprint density at radius 1 is 0.793 bits per heavy atom. The highest BCUT2D eigenvalue weighted by molar-refractivity contribution is 5.21. The van der Waals surface area contributed by atoms with Crippen molar-refractivity contribution in [3.63, 3.8) is 0 Å². The molecule has 0 spiro atoms. The van der Waals surface area contributed by atoms with Gasteiger partial charge in [0.1, 0.15) is 0 Å². The van der Waals surface area contributed by atoms with Gasteiger partial charge < -0.3 is 5.32 Å². The zero-order valence-corrected chi connectivity index (χ0v) is 16.5. The first-order valence-electron chi connectivity index (χ1n) is 9.94. The lowest BCUT2D eigenvalue weighted by atomic mass is 10.0. The van der Waals surface area contributed by atoms with Crippen molar-refractivity contribution in [3.8, 4) is 0 Å². The lowest BCUT2D eigenvalue weighted by Crippen LogP contribution is -2.27. The topological polar surface area (TPSA) is 55.6 Å². The van der Waals surface area contributed by atoms with Gasteiger partial charge in [-0.15, -0.1) is 10.2 Å². The van der Waals surface area contributed by atoms with Gasteiger partial charge in [-0.3, -0.25) is 0 Å². The van der Waals surface area contributed by atoms with Gasteiger partial charge in [0.15, 0.2) is 5.82 Å². The van der Waals surface area contributed by atoms with Crippen LogP contribution in [0.3, 0.4) is 0 Å². The maximum Gasteiger partial charge on any atom is 0.192 e. The number of hydrogen-bond donors (Lipinski definition) is 1. The van der Waals surface area contributed by atoms with Crippen molar-refractivity contribution in [3.05, 3.63) is 114 Å². The number of nitrogens with zero attached hydrogens (tertiary/aromatic N) is 4. The largest absolute Gasteiger partial charge is 0.300 e. The number of nitrogens with one attached hydrogen (secondary N) is 1. The SMILES string of the molecule is C[C@@H](NC(Cc1ccccc1)c1nnn(Cc2ccccc2)n1)c1ccccc1. The molecule has 5 nitrogen and oxygen atoms in total. The number of rotatable bonds is 8. The van der Waals surface area contributed by atoms with E-state index in [9.17, 15) is 0 Å². The number of aromatic nitrogens is 4. The second-order valence-electron chi connectivity index (χ2n) is 7.20. The molecule has 1 N–H and O–H groups in total. The molecule has 2 atom stereocenters. The molecular weight excluding hydrogens is 358 g/mol. The van der Waals surface area contributed by atoms with Gasteiger partial charge in [-0.2, -0.15) is 4.80 Å². The molecule has 0 aliphatic carbocycles. The smallest absolute Gasteiger partial charge is 0.192 e. The molecule has 0 radical (unpaired) electrons. The number of hydrogen-bond acceptors (Lipinski definition) is 4. The van der Waals surface area contributed by atoms with Crippen LogP contribution in [0.4, 0.5) is 0 Å². The molecule has 1 aromatic heterocycles. The van der Waals surface area contributed by atoms with E-state index in [-0.39, 0.29) is 12.1 Å². The summed E-state index contributed by atoms with van der Waals surface area (Å²) in [5, 5.41) is 17.0. The minimum absolute atomic E-state index is 0.0304. The average molecular weight is 383 g/mol. The molecule has 0 bridgehead atoms. The maximum atomic E-state index is 4.68. The summed E-state index contributed by atoms with van der Waals surface area (Å²) in [6.07, 6.45) is 0.801. The minimum atomic E-state index is -0.0304. The summed E-state index contributed by atoms with van der Waals surface area (Å²) in [5.41, 5.74) is 3.63. The Balaban J connectivity index is 1.55. The van der Waals surface area contributed by atoms with Crippen LogP contribution in [-0.2, 0) is 13.0 Å². The average Bonchev–Trinajstić information content (AvgIpc) is 3.24. The van der Waals surface area contributed by atoms with Gasteiger partial charge >= 0.3 is 0 Å². The van der Waals surface area contributed by atoms with Crippen LogP contribution in [0.2, 0.25) is 0 Å². The molecule has 146 valence electrons. The third-order valence-electron chi connectivity index (χ3n) is 4.98. The van der Waals surface area contributed by atoms with E-state index in [1.165, 1.54) is 11.1 Å². The third-order valence-corrected chi connectivity index (χ3v) is 4.98. The van der Waals surface area contributed by atoms with Crippen LogP contribution < -0.4 is 5.32 Å². The van der Waals surface area contributed by atoms with Crippen molar-refractivity contribution in [1.82, 2.24) is 25.5 Å². The predicted octanol–water partition coefficient (Wildman–Crippen LogP) is 4.36. The summed E-state index contributed by atoms with van der Waals surface area (Å²) < 4.78 is 0. The minimum Gasteiger partial charge on any atom is -0.300 e. The second-order valence-corrected chi connectivity index (χ2v) is 7.20. The van der Waals surface area contributed by atoms with Crippen molar-refractivity contribution in [2.45, 2.75) is 32.0 Å². The van der Waals surface area contributed by atoms with Gasteiger partial charge in [-0.25, -0.2) is 0 Å². The lowest BCUT2D eigenvalue weighted by molar-refractivity contribution is 0.444. The first kappa shape index (κ1) is 19.0. The van der Waals surface area contributed by atoms with Crippen LogP contribution in [0.1, 0.15) is 41.5 Å². The van der Waals surface area contributed by atoms with E-state index in [2.05, 4.69) is 88.3 Å². The van der Waals surface area contributed by atoms with Crippen molar-refractivity contribution < 1.29 is 0 Å². The Hall–Kier alpha value is -3.31. The second kappa shape index (κ2) is 9.26. The molecular formula is C24H25N5. The maximum absolute atomic E-state index is 4.68. The van der Waals surface area contributed by atoms with Crippen LogP contribution in [0.5, 0.6) is 0 Å². The molecule has 0 aliphatic rings. The fourth-order valence-corrected chi connectivity index (χ4v) is 3.42. The van der Waals surface area contributed by atoms with Gasteiger partial charge in [-0.05, 0) is 35.2 Å². The van der Waals surface area contributed by atoms with E-state index in [4.69, 9.17) is 0 Å². The zero-order chi connectivity index (χ0) is 19.9. The van der Waals surface area contributed by atoms with Gasteiger partial charge in [0.25, 0.3) is 0 Å². The monoisotopic (exact) mass is 383 g/mol. The zero-order valence-electron chi connectivity index (χ0n) is 16.5. The van der Waals surface area contributed by atoms with E-state index in [1.807, 2.05) is 30.3 Å². The number of benzene rings is 3. The normalized spacial score (nSPS) is 13.1. The predicted molar refractivity (Wildman–Crippen MR) is 114 cm³/mol. The van der Waals surface area contributed by atoms with E-state index < -0.39 is 0 Å². The van der Waals surface area contributed by atoms with Gasteiger partial charge in [0.2, 0.25) is 0 Å². The van der Waals surface area contributed by atoms with E-state index >= 15 is 0 Å². The highest BCUT2D eigenvalue weighted by Gasteiger charge is 2.21. The molecule has 0 aliphatic heterocycles. The first-order valence-corrected chi connectivity index (χ1v) is 9.94. The van der Waals surface area contributed by atoms with Crippen LogP contribution in [0.15, 0.2) is 91.0 Å². The standard InChI is InChI=1S/C24H25N5/c1-19(22-15-9-4-10-16-22)25-23(17-20-11-5-2-6-12-20)24-26-28-29(27-24)18-21-13-7-3-8-14-21/h2-16,19,23,25H,17-18H2,1H3/t19-,23?/m1/s1. The highest BCUT2D eigenvalue weighted by Crippen LogP contribution is 2.21. The van der Waals surface area contributed by atoms with Gasteiger partial charge in [-0.1, -0.05) is 91.0 Å². The molecule has 1 heterocycles. The molecule has 4 rings (SSSR count). The van der Waals surface area contributed by atoms with Crippen LogP contribution in [-0.4, -0.2) is 20.2 Å². The van der Waals surface area contributed by atoms with Gasteiger partial charge in [0, 0.05) is 6.04 Å². The van der Waals surface area contributed by atoms with Crippen LogP contribution in [0, 0.1) is 0 Å².